The molecule has 2 heterocycles. The number of amides is 1. The third-order valence-electron chi connectivity index (χ3n) is 6.20. The number of anilines is 1. The van der Waals surface area contributed by atoms with Gasteiger partial charge >= 0.3 is 11.9 Å². The van der Waals surface area contributed by atoms with E-state index < -0.39 is 35.3 Å². The van der Waals surface area contributed by atoms with Gasteiger partial charge in [0, 0.05) is 5.56 Å². The third-order valence-corrected chi connectivity index (χ3v) is 7.34. The quantitative estimate of drug-likeness (QED) is 0.122. The van der Waals surface area contributed by atoms with Crippen molar-refractivity contribution in [3.63, 3.8) is 0 Å². The molecular formula is C29H27FN2O7S. The van der Waals surface area contributed by atoms with Crippen molar-refractivity contribution in [3.05, 3.63) is 87.7 Å². The van der Waals surface area contributed by atoms with Crippen molar-refractivity contribution < 1.29 is 38.1 Å². The predicted octanol–water partition coefficient (Wildman–Crippen LogP) is 5.28. The van der Waals surface area contributed by atoms with Crippen LogP contribution in [-0.4, -0.2) is 48.1 Å². The second-order valence-electron chi connectivity index (χ2n) is 8.77. The predicted molar refractivity (Wildman–Crippen MR) is 147 cm³/mol. The van der Waals surface area contributed by atoms with Crippen LogP contribution in [-0.2, 0) is 14.3 Å². The van der Waals surface area contributed by atoms with Crippen LogP contribution in [0.2, 0.25) is 0 Å². The van der Waals surface area contributed by atoms with E-state index in [1.807, 2.05) is 6.92 Å². The van der Waals surface area contributed by atoms with Crippen LogP contribution in [0.15, 0.2) is 54.6 Å². The molecule has 11 heteroatoms. The number of hydrogen-bond acceptors (Lipinski definition) is 9. The van der Waals surface area contributed by atoms with Gasteiger partial charge in [0.15, 0.2) is 16.6 Å². The highest BCUT2D eigenvalue weighted by atomic mass is 32.1. The first-order chi connectivity index (χ1) is 19.1. The Balaban J connectivity index is 1.93. The number of aromatic nitrogens is 1. The van der Waals surface area contributed by atoms with Gasteiger partial charge in [0.2, 0.25) is 0 Å². The van der Waals surface area contributed by atoms with E-state index in [9.17, 15) is 23.9 Å². The molecule has 1 fully saturated rings. The van der Waals surface area contributed by atoms with Crippen molar-refractivity contribution >= 4 is 39.9 Å². The van der Waals surface area contributed by atoms with Gasteiger partial charge in [-0.2, -0.15) is 0 Å². The SMILES string of the molecule is C=CCOC(=O)c1sc(N2C(=O)C(=O)/C(=C(/O)c3ccc(C)c(F)c3)C2c2ccc(OCC)c(OC)c2)nc1C. The molecule has 2 aromatic carbocycles. The number of carbonyl (C=O) groups excluding carboxylic acids is 3. The first kappa shape index (κ1) is 28.5. The highest BCUT2D eigenvalue weighted by molar-refractivity contribution is 7.17. The van der Waals surface area contributed by atoms with Crippen LogP contribution in [0.3, 0.4) is 0 Å². The summed E-state index contributed by atoms with van der Waals surface area (Å²) in [5, 5.41) is 11.3. The Labute approximate surface area is 234 Å². The molecule has 9 nitrogen and oxygen atoms in total. The molecule has 1 N–H and O–H groups in total. The number of rotatable bonds is 9. The second kappa shape index (κ2) is 11.7. The number of aliphatic hydroxyl groups is 1. The summed E-state index contributed by atoms with van der Waals surface area (Å²) in [5.74, 6) is -3.02. The zero-order valence-electron chi connectivity index (χ0n) is 22.3. The Morgan fingerprint density at radius 1 is 1.20 bits per heavy atom. The molecule has 0 saturated carbocycles. The van der Waals surface area contributed by atoms with Crippen molar-refractivity contribution in [2.75, 3.05) is 25.2 Å². The van der Waals surface area contributed by atoms with Crippen molar-refractivity contribution in [1.29, 1.82) is 0 Å². The number of ether oxygens (including phenoxy) is 3. The zero-order chi connectivity index (χ0) is 29.1. The molecule has 40 heavy (non-hydrogen) atoms. The monoisotopic (exact) mass is 566 g/mol. The summed E-state index contributed by atoms with van der Waals surface area (Å²) in [5.41, 5.74) is 0.770. The Morgan fingerprint density at radius 2 is 1.95 bits per heavy atom. The molecule has 3 aromatic rings. The molecule has 0 radical (unpaired) electrons. The average molecular weight is 567 g/mol. The number of ketones is 1. The van der Waals surface area contributed by atoms with E-state index in [-0.39, 0.29) is 27.8 Å². The lowest BCUT2D eigenvalue weighted by Crippen LogP contribution is -2.29. The third kappa shape index (κ3) is 5.20. The molecule has 1 aliphatic heterocycles. The van der Waals surface area contributed by atoms with Gasteiger partial charge in [-0.15, -0.1) is 0 Å². The summed E-state index contributed by atoms with van der Waals surface area (Å²) in [6.45, 7) is 8.82. The highest BCUT2D eigenvalue weighted by Gasteiger charge is 2.48. The lowest BCUT2D eigenvalue weighted by Gasteiger charge is -2.24. The minimum Gasteiger partial charge on any atom is -0.507 e. The molecule has 1 atom stereocenters. The summed E-state index contributed by atoms with van der Waals surface area (Å²) in [4.78, 5) is 45.1. The van der Waals surface area contributed by atoms with E-state index in [0.29, 0.717) is 34.9 Å². The molecule has 1 aliphatic rings. The number of aryl methyl sites for hydroxylation is 2. The molecular weight excluding hydrogens is 539 g/mol. The van der Waals surface area contributed by atoms with Gasteiger partial charge in [-0.1, -0.05) is 42.2 Å². The number of carbonyl (C=O) groups is 3. The fraction of sp³-hybridized carbons (Fsp3) is 0.241. The number of Topliss-reactive ketones (excluding diaryl/α,β-unsaturated/α-hetero) is 1. The number of aliphatic hydroxyl groups excluding tert-OH is 1. The van der Waals surface area contributed by atoms with E-state index in [1.54, 1.807) is 32.0 Å². The van der Waals surface area contributed by atoms with Crippen LogP contribution in [0, 0.1) is 19.7 Å². The number of thiazole rings is 1. The fourth-order valence-corrected chi connectivity index (χ4v) is 5.23. The van der Waals surface area contributed by atoms with Crippen molar-refractivity contribution in [3.8, 4) is 11.5 Å². The zero-order valence-corrected chi connectivity index (χ0v) is 23.1. The summed E-state index contributed by atoms with van der Waals surface area (Å²) >= 11 is 0.867. The van der Waals surface area contributed by atoms with Crippen LogP contribution >= 0.6 is 11.3 Å². The molecule has 0 aliphatic carbocycles. The maximum atomic E-state index is 14.4. The standard InChI is InChI=1S/C29H27FN2O7S/c1-6-12-39-28(36)26-16(4)31-29(40-26)32-23(17-10-11-20(38-7-2)21(14-17)37-5)22(25(34)27(32)35)24(33)18-9-8-15(3)19(30)13-18/h6,8-11,13-14,23,33H,1,7,12H2,2-5H3/b24-22+. The maximum Gasteiger partial charge on any atom is 0.350 e. The number of nitrogens with zero attached hydrogens (tertiary/aromatic N) is 2. The van der Waals surface area contributed by atoms with Crippen molar-refractivity contribution in [2.24, 2.45) is 0 Å². The number of esters is 1. The smallest absolute Gasteiger partial charge is 0.350 e. The molecule has 1 saturated heterocycles. The van der Waals surface area contributed by atoms with Gasteiger partial charge in [0.05, 0.1) is 31.0 Å². The lowest BCUT2D eigenvalue weighted by molar-refractivity contribution is -0.132. The van der Waals surface area contributed by atoms with Gasteiger partial charge in [-0.3, -0.25) is 14.5 Å². The Kier molecular flexibility index (Phi) is 8.34. The van der Waals surface area contributed by atoms with Gasteiger partial charge in [0.25, 0.3) is 5.78 Å². The minimum atomic E-state index is -1.18. The summed E-state index contributed by atoms with van der Waals surface area (Å²) < 4.78 is 30.6. The van der Waals surface area contributed by atoms with Crippen LogP contribution in [0.25, 0.3) is 5.76 Å². The van der Waals surface area contributed by atoms with Crippen LogP contribution in [0.1, 0.15) is 45.0 Å². The summed E-state index contributed by atoms with van der Waals surface area (Å²) in [6.07, 6.45) is 1.42. The second-order valence-corrected chi connectivity index (χ2v) is 9.75. The lowest BCUT2D eigenvalue weighted by atomic mass is 9.94. The van der Waals surface area contributed by atoms with Crippen LogP contribution in [0.5, 0.6) is 11.5 Å². The molecule has 1 amide bonds. The van der Waals surface area contributed by atoms with E-state index in [1.165, 1.54) is 25.3 Å². The number of methoxy groups -OCH3 is 1. The maximum absolute atomic E-state index is 14.4. The largest absolute Gasteiger partial charge is 0.507 e. The summed E-state index contributed by atoms with van der Waals surface area (Å²) in [7, 11) is 1.44. The Bertz CT molecular complexity index is 1550. The normalized spacial score (nSPS) is 16.2. The van der Waals surface area contributed by atoms with Crippen molar-refractivity contribution in [2.45, 2.75) is 26.8 Å². The highest BCUT2D eigenvalue weighted by Crippen LogP contribution is 2.45. The van der Waals surface area contributed by atoms with E-state index in [2.05, 4.69) is 11.6 Å². The van der Waals surface area contributed by atoms with E-state index in [0.717, 1.165) is 22.3 Å². The fourth-order valence-electron chi connectivity index (χ4n) is 4.24. The first-order valence-electron chi connectivity index (χ1n) is 12.3. The molecule has 208 valence electrons. The topological polar surface area (TPSA) is 115 Å². The summed E-state index contributed by atoms with van der Waals surface area (Å²) in [6, 6.07) is 7.65. The van der Waals surface area contributed by atoms with Gasteiger partial charge in [-0.05, 0) is 50.1 Å². The number of benzene rings is 2. The van der Waals surface area contributed by atoms with Gasteiger partial charge in [0.1, 0.15) is 23.1 Å². The number of halogens is 1. The Hall–Kier alpha value is -4.51. The minimum absolute atomic E-state index is 0.0187. The molecule has 1 unspecified atom stereocenters. The molecule has 4 rings (SSSR count). The van der Waals surface area contributed by atoms with E-state index in [4.69, 9.17) is 14.2 Å². The first-order valence-corrected chi connectivity index (χ1v) is 13.1. The van der Waals surface area contributed by atoms with Crippen LogP contribution < -0.4 is 14.4 Å². The molecule has 1 aromatic heterocycles. The van der Waals surface area contributed by atoms with E-state index >= 15 is 0 Å². The van der Waals surface area contributed by atoms with Crippen LogP contribution in [0.4, 0.5) is 9.52 Å². The molecule has 0 spiro atoms. The van der Waals surface area contributed by atoms with Gasteiger partial charge in [-0.25, -0.2) is 14.2 Å². The van der Waals surface area contributed by atoms with Gasteiger partial charge < -0.3 is 19.3 Å². The number of hydrogen-bond donors (Lipinski definition) is 1. The average Bonchev–Trinajstić information content (AvgIpc) is 3.45. The van der Waals surface area contributed by atoms with Crippen molar-refractivity contribution in [1.82, 2.24) is 4.98 Å². The Morgan fingerprint density at radius 3 is 2.60 bits per heavy atom. The molecule has 0 bridgehead atoms.